The number of nitrogens with one attached hydrogen (secondary N) is 1. The van der Waals surface area contributed by atoms with E-state index in [2.05, 4.69) is 5.32 Å². The first-order chi connectivity index (χ1) is 14.5. The van der Waals surface area contributed by atoms with Crippen LogP contribution in [0.5, 0.6) is 11.5 Å². The van der Waals surface area contributed by atoms with Crippen LogP contribution in [0.4, 0.5) is 10.5 Å². The SMILES string of the molecule is CCCN1C(=O)S/C(=C\c2ccc(OCC(=O)Nc3ccccc3OC)cc2)C1=O. The van der Waals surface area contributed by atoms with E-state index in [4.69, 9.17) is 9.47 Å². The number of rotatable bonds is 8. The van der Waals surface area contributed by atoms with Gasteiger partial charge in [-0.25, -0.2) is 0 Å². The first-order valence-electron chi connectivity index (χ1n) is 9.43. The topological polar surface area (TPSA) is 84.9 Å². The average molecular weight is 426 g/mol. The highest BCUT2D eigenvalue weighted by molar-refractivity contribution is 8.18. The van der Waals surface area contributed by atoms with Gasteiger partial charge in [-0.05, 0) is 54.1 Å². The van der Waals surface area contributed by atoms with Gasteiger partial charge in [-0.3, -0.25) is 19.3 Å². The second kappa shape index (κ2) is 9.98. The summed E-state index contributed by atoms with van der Waals surface area (Å²) in [4.78, 5) is 38.0. The van der Waals surface area contributed by atoms with Crippen LogP contribution < -0.4 is 14.8 Å². The predicted octanol–water partition coefficient (Wildman–Crippen LogP) is 4.16. The summed E-state index contributed by atoms with van der Waals surface area (Å²) in [6.07, 6.45) is 2.40. The molecular formula is C22H22N2O5S. The van der Waals surface area contributed by atoms with E-state index in [9.17, 15) is 14.4 Å². The maximum atomic E-state index is 12.3. The second-order valence-corrected chi connectivity index (χ2v) is 7.43. The van der Waals surface area contributed by atoms with Gasteiger partial charge in [0.05, 0.1) is 17.7 Å². The highest BCUT2D eigenvalue weighted by atomic mass is 32.2. The van der Waals surface area contributed by atoms with Crippen LogP contribution >= 0.6 is 11.8 Å². The average Bonchev–Trinajstić information content (AvgIpc) is 3.01. The molecule has 2 aromatic rings. The van der Waals surface area contributed by atoms with Crippen molar-refractivity contribution >= 4 is 40.6 Å². The molecule has 0 bridgehead atoms. The quantitative estimate of drug-likeness (QED) is 0.638. The van der Waals surface area contributed by atoms with E-state index in [0.717, 1.165) is 23.7 Å². The maximum Gasteiger partial charge on any atom is 0.293 e. The minimum atomic E-state index is -0.312. The largest absolute Gasteiger partial charge is 0.495 e. The molecule has 0 radical (unpaired) electrons. The molecule has 1 fully saturated rings. The Kier molecular flexibility index (Phi) is 7.13. The maximum absolute atomic E-state index is 12.3. The lowest BCUT2D eigenvalue weighted by Gasteiger charge is -2.10. The summed E-state index contributed by atoms with van der Waals surface area (Å²) in [5.74, 6) is 0.508. The van der Waals surface area contributed by atoms with Gasteiger partial charge in [-0.2, -0.15) is 0 Å². The summed E-state index contributed by atoms with van der Waals surface area (Å²) in [7, 11) is 1.53. The van der Waals surface area contributed by atoms with Crippen LogP contribution in [0.1, 0.15) is 18.9 Å². The van der Waals surface area contributed by atoms with Crippen LogP contribution in [0.2, 0.25) is 0 Å². The van der Waals surface area contributed by atoms with E-state index in [1.165, 1.54) is 12.0 Å². The van der Waals surface area contributed by atoms with E-state index in [1.54, 1.807) is 48.5 Å². The minimum absolute atomic E-state index is 0.159. The molecule has 0 spiro atoms. The fourth-order valence-corrected chi connectivity index (χ4v) is 3.68. The molecular weight excluding hydrogens is 404 g/mol. The van der Waals surface area contributed by atoms with Crippen molar-refractivity contribution in [1.82, 2.24) is 4.90 Å². The van der Waals surface area contributed by atoms with Crippen LogP contribution in [0.15, 0.2) is 53.4 Å². The molecule has 0 saturated carbocycles. The predicted molar refractivity (Wildman–Crippen MR) is 117 cm³/mol. The second-order valence-electron chi connectivity index (χ2n) is 6.44. The summed E-state index contributed by atoms with van der Waals surface area (Å²) in [6.45, 7) is 2.18. The normalized spacial score (nSPS) is 14.9. The number of thioether (sulfide) groups is 1. The van der Waals surface area contributed by atoms with Gasteiger partial charge in [0.25, 0.3) is 17.1 Å². The molecule has 3 rings (SSSR count). The smallest absolute Gasteiger partial charge is 0.293 e. The Morgan fingerprint density at radius 3 is 2.57 bits per heavy atom. The molecule has 0 unspecified atom stereocenters. The molecule has 0 aromatic heterocycles. The Morgan fingerprint density at radius 1 is 1.13 bits per heavy atom. The van der Waals surface area contributed by atoms with Crippen LogP contribution in [0.25, 0.3) is 6.08 Å². The third-order valence-corrected chi connectivity index (χ3v) is 5.16. The Bertz CT molecular complexity index is 972. The number of carbonyl (C=O) groups is 3. The monoisotopic (exact) mass is 426 g/mol. The summed E-state index contributed by atoms with van der Waals surface area (Å²) < 4.78 is 10.7. The van der Waals surface area contributed by atoms with Gasteiger partial charge < -0.3 is 14.8 Å². The first kappa shape index (κ1) is 21.4. The fraction of sp³-hybridized carbons (Fsp3) is 0.227. The Labute approximate surface area is 179 Å². The number of amides is 3. The van der Waals surface area contributed by atoms with Gasteiger partial charge in [-0.1, -0.05) is 31.2 Å². The number of para-hydroxylation sites is 2. The molecule has 0 atom stereocenters. The van der Waals surface area contributed by atoms with Crippen LogP contribution in [0, 0.1) is 0 Å². The van der Waals surface area contributed by atoms with Crippen molar-refractivity contribution in [1.29, 1.82) is 0 Å². The van der Waals surface area contributed by atoms with E-state index >= 15 is 0 Å². The van der Waals surface area contributed by atoms with Gasteiger partial charge in [0.15, 0.2) is 6.61 Å². The van der Waals surface area contributed by atoms with Crippen molar-refractivity contribution in [2.45, 2.75) is 13.3 Å². The van der Waals surface area contributed by atoms with E-state index in [-0.39, 0.29) is 23.7 Å². The van der Waals surface area contributed by atoms with Gasteiger partial charge in [0.1, 0.15) is 11.5 Å². The van der Waals surface area contributed by atoms with Crippen LogP contribution in [0.3, 0.4) is 0 Å². The van der Waals surface area contributed by atoms with Gasteiger partial charge in [-0.15, -0.1) is 0 Å². The van der Waals surface area contributed by atoms with Crippen molar-refractivity contribution < 1.29 is 23.9 Å². The highest BCUT2D eigenvalue weighted by Gasteiger charge is 2.34. The Morgan fingerprint density at radius 2 is 1.87 bits per heavy atom. The standard InChI is InChI=1S/C22H22N2O5S/c1-3-12-24-21(26)19(30-22(24)27)13-15-8-10-16(11-9-15)29-14-20(25)23-17-6-4-5-7-18(17)28-2/h4-11,13H,3,12,14H2,1-2H3,(H,23,25)/b19-13-. The van der Waals surface area contributed by atoms with Crippen molar-refractivity contribution in [2.75, 3.05) is 25.6 Å². The van der Waals surface area contributed by atoms with Gasteiger partial charge in [0.2, 0.25) is 0 Å². The molecule has 2 aromatic carbocycles. The molecule has 1 heterocycles. The fourth-order valence-electron chi connectivity index (χ4n) is 2.81. The number of carbonyl (C=O) groups excluding carboxylic acids is 3. The lowest BCUT2D eigenvalue weighted by Crippen LogP contribution is -2.28. The highest BCUT2D eigenvalue weighted by Crippen LogP contribution is 2.32. The molecule has 1 saturated heterocycles. The number of ether oxygens (including phenoxy) is 2. The Hall–Kier alpha value is -3.26. The third-order valence-electron chi connectivity index (χ3n) is 4.25. The number of imide groups is 1. The summed E-state index contributed by atoms with van der Waals surface area (Å²) in [5, 5.41) is 2.50. The molecule has 156 valence electrons. The molecule has 7 nitrogen and oxygen atoms in total. The van der Waals surface area contributed by atoms with E-state index < -0.39 is 0 Å². The van der Waals surface area contributed by atoms with Crippen LogP contribution in [-0.2, 0) is 9.59 Å². The minimum Gasteiger partial charge on any atom is -0.495 e. The zero-order chi connectivity index (χ0) is 21.5. The number of benzene rings is 2. The first-order valence-corrected chi connectivity index (χ1v) is 10.2. The zero-order valence-corrected chi connectivity index (χ0v) is 17.5. The molecule has 30 heavy (non-hydrogen) atoms. The number of methoxy groups -OCH3 is 1. The summed E-state index contributed by atoms with van der Waals surface area (Å²) in [6, 6.07) is 14.1. The van der Waals surface area contributed by atoms with Gasteiger partial charge in [0, 0.05) is 6.54 Å². The lowest BCUT2D eigenvalue weighted by molar-refractivity contribution is -0.122. The van der Waals surface area contributed by atoms with Crippen LogP contribution in [-0.4, -0.2) is 42.2 Å². The molecule has 0 aliphatic carbocycles. The lowest BCUT2D eigenvalue weighted by atomic mass is 10.2. The van der Waals surface area contributed by atoms with Crippen molar-refractivity contribution in [3.63, 3.8) is 0 Å². The number of hydrogen-bond donors (Lipinski definition) is 1. The zero-order valence-electron chi connectivity index (χ0n) is 16.7. The van der Waals surface area contributed by atoms with Crippen molar-refractivity contribution in [3.8, 4) is 11.5 Å². The summed E-state index contributed by atoms with van der Waals surface area (Å²) in [5.41, 5.74) is 1.34. The summed E-state index contributed by atoms with van der Waals surface area (Å²) >= 11 is 0.943. The molecule has 3 amide bonds. The number of nitrogens with zero attached hydrogens (tertiary/aromatic N) is 1. The number of anilines is 1. The molecule has 1 N–H and O–H groups in total. The van der Waals surface area contributed by atoms with Crippen molar-refractivity contribution in [2.24, 2.45) is 0 Å². The molecule has 8 heteroatoms. The van der Waals surface area contributed by atoms with E-state index in [0.29, 0.717) is 28.6 Å². The van der Waals surface area contributed by atoms with E-state index in [1.807, 2.05) is 13.0 Å². The third kappa shape index (κ3) is 5.21. The van der Waals surface area contributed by atoms with Gasteiger partial charge >= 0.3 is 0 Å². The van der Waals surface area contributed by atoms with Crippen molar-refractivity contribution in [3.05, 3.63) is 59.0 Å². The molecule has 1 aliphatic rings. The number of hydrogen-bond acceptors (Lipinski definition) is 6. The molecule has 1 aliphatic heterocycles. The Balaban J connectivity index is 1.57.